The van der Waals surface area contributed by atoms with E-state index in [2.05, 4.69) is 0 Å². The largest absolute Gasteiger partial charge is 0.393 e. The number of rotatable bonds is 3. The second-order valence-corrected chi connectivity index (χ2v) is 9.03. The zero-order chi connectivity index (χ0) is 18.1. The highest BCUT2D eigenvalue weighted by Crippen LogP contribution is 2.64. The summed E-state index contributed by atoms with van der Waals surface area (Å²) >= 11 is 0. The highest BCUT2D eigenvalue weighted by Gasteiger charge is 2.61. The molecule has 0 radical (unpaired) electrons. The molecule has 26 heavy (non-hydrogen) atoms. The maximum Gasteiger partial charge on any atom is 0.223 e. The van der Waals surface area contributed by atoms with Crippen molar-refractivity contribution in [1.29, 1.82) is 0 Å². The second kappa shape index (κ2) is 5.77. The first-order chi connectivity index (χ1) is 12.5. The van der Waals surface area contributed by atoms with Gasteiger partial charge in [0.2, 0.25) is 5.91 Å². The number of nitrogens with zero attached hydrogens (tertiary/aromatic N) is 1. The molecule has 6 rings (SSSR count). The smallest absolute Gasteiger partial charge is 0.223 e. The van der Waals surface area contributed by atoms with Crippen LogP contribution in [0.5, 0.6) is 0 Å². The first-order valence-corrected chi connectivity index (χ1v) is 9.87. The number of β-amino-alcohol motifs (C(OH)–C–C–N with tert-alkyl or cyclic N) is 1. The zero-order valence-corrected chi connectivity index (χ0v) is 14.9. The molecule has 0 unspecified atom stereocenters. The van der Waals surface area contributed by atoms with Crippen LogP contribution < -0.4 is 0 Å². The Morgan fingerprint density at radius 2 is 1.73 bits per heavy atom. The predicted molar refractivity (Wildman–Crippen MR) is 93.7 cm³/mol. The molecule has 1 aliphatic heterocycles. The molecule has 5 aliphatic rings. The van der Waals surface area contributed by atoms with Crippen LogP contribution in [0.3, 0.4) is 0 Å². The lowest BCUT2D eigenvalue weighted by Crippen LogP contribution is -2.62. The number of halogens is 1. The third-order valence-corrected chi connectivity index (χ3v) is 7.79. The second-order valence-electron chi connectivity index (χ2n) is 9.03. The predicted octanol–water partition coefficient (Wildman–Crippen LogP) is 2.08. The van der Waals surface area contributed by atoms with Gasteiger partial charge in [0, 0.05) is 24.9 Å². The topological polar surface area (TPSA) is 60.8 Å². The van der Waals surface area contributed by atoms with E-state index in [9.17, 15) is 19.4 Å². The van der Waals surface area contributed by atoms with E-state index in [-0.39, 0.29) is 23.2 Å². The van der Waals surface area contributed by atoms with Crippen LogP contribution in [0.25, 0.3) is 0 Å². The quantitative estimate of drug-likeness (QED) is 0.869. The zero-order valence-electron chi connectivity index (χ0n) is 14.9. The number of hydrogen-bond acceptors (Lipinski definition) is 3. The van der Waals surface area contributed by atoms with Gasteiger partial charge in [-0.25, -0.2) is 4.39 Å². The van der Waals surface area contributed by atoms with Gasteiger partial charge in [-0.3, -0.25) is 4.79 Å². The number of likely N-dealkylation sites (tertiary alicyclic amines) is 1. The molecule has 5 fully saturated rings. The summed E-state index contributed by atoms with van der Waals surface area (Å²) in [5.74, 6) is 1.14. The van der Waals surface area contributed by atoms with Crippen molar-refractivity contribution in [2.75, 3.05) is 13.1 Å². The summed E-state index contributed by atoms with van der Waals surface area (Å²) in [6, 6.07) is 6.83. The Morgan fingerprint density at radius 1 is 1.12 bits per heavy atom. The standard InChI is InChI=1S/C21H26FNO3/c22-17-3-1-2-14(8-17)21(9-19(25)23-10-18(24)11-23)15-4-12-5-16(21)7-13(6-15)20(12)26/h1-3,8,12-13,15-16,18,20,24,26H,4-7,9-11H2. The van der Waals surface area contributed by atoms with Gasteiger partial charge >= 0.3 is 0 Å². The Kier molecular flexibility index (Phi) is 3.70. The van der Waals surface area contributed by atoms with Crippen molar-refractivity contribution >= 4 is 5.91 Å². The van der Waals surface area contributed by atoms with Crippen molar-refractivity contribution in [1.82, 2.24) is 4.90 Å². The van der Waals surface area contributed by atoms with Gasteiger partial charge in [0.25, 0.3) is 0 Å². The van der Waals surface area contributed by atoms with Crippen LogP contribution in [-0.4, -0.2) is 46.3 Å². The fraction of sp³-hybridized carbons (Fsp3) is 0.667. The Morgan fingerprint density at radius 3 is 2.27 bits per heavy atom. The van der Waals surface area contributed by atoms with Crippen molar-refractivity contribution in [2.24, 2.45) is 23.7 Å². The van der Waals surface area contributed by atoms with E-state index in [0.717, 1.165) is 31.2 Å². The van der Waals surface area contributed by atoms with Gasteiger partial charge in [-0.05, 0) is 67.1 Å². The SMILES string of the molecule is O=C(CC1(c2cccc(F)c2)C2CC3CC1CC(C2)C3O)N1CC(O)C1. The van der Waals surface area contributed by atoms with Crippen LogP contribution >= 0.6 is 0 Å². The summed E-state index contributed by atoms with van der Waals surface area (Å²) in [7, 11) is 0. The molecule has 140 valence electrons. The van der Waals surface area contributed by atoms with Gasteiger partial charge in [-0.2, -0.15) is 0 Å². The lowest BCUT2D eigenvalue weighted by Gasteiger charge is -2.63. The Balaban J connectivity index is 1.53. The van der Waals surface area contributed by atoms with E-state index in [1.165, 1.54) is 6.07 Å². The molecule has 1 aromatic carbocycles. The van der Waals surface area contributed by atoms with Crippen molar-refractivity contribution in [3.05, 3.63) is 35.6 Å². The third-order valence-electron chi connectivity index (χ3n) is 7.79. The number of carbonyl (C=O) groups is 1. The van der Waals surface area contributed by atoms with Gasteiger partial charge in [0.15, 0.2) is 0 Å². The minimum absolute atomic E-state index is 0.0765. The number of carbonyl (C=O) groups excluding carboxylic acids is 1. The van der Waals surface area contributed by atoms with E-state index in [4.69, 9.17) is 0 Å². The van der Waals surface area contributed by atoms with Crippen LogP contribution in [0.4, 0.5) is 4.39 Å². The third kappa shape index (κ3) is 2.29. The Bertz CT molecular complexity index is 700. The van der Waals surface area contributed by atoms with Crippen molar-refractivity contribution in [3.8, 4) is 0 Å². The molecule has 0 aromatic heterocycles. The summed E-state index contributed by atoms with van der Waals surface area (Å²) < 4.78 is 14.1. The highest BCUT2D eigenvalue weighted by molar-refractivity contribution is 5.79. The molecule has 4 saturated carbocycles. The van der Waals surface area contributed by atoms with Crippen molar-refractivity contribution < 1.29 is 19.4 Å². The fourth-order valence-electron chi connectivity index (χ4n) is 6.62. The molecule has 1 heterocycles. The number of aliphatic hydroxyl groups excluding tert-OH is 2. The van der Waals surface area contributed by atoms with Gasteiger partial charge in [0.1, 0.15) is 5.82 Å². The molecule has 4 aliphatic carbocycles. The lowest BCUT2D eigenvalue weighted by molar-refractivity contribution is -0.158. The normalized spacial score (nSPS) is 41.3. The molecule has 0 atom stereocenters. The van der Waals surface area contributed by atoms with E-state index < -0.39 is 6.10 Å². The van der Waals surface area contributed by atoms with Crippen molar-refractivity contribution in [2.45, 2.75) is 49.7 Å². The minimum atomic E-state index is -0.405. The highest BCUT2D eigenvalue weighted by atomic mass is 19.1. The Hall–Kier alpha value is -1.46. The molecule has 0 spiro atoms. The van der Waals surface area contributed by atoms with Crippen molar-refractivity contribution in [3.63, 3.8) is 0 Å². The van der Waals surface area contributed by atoms with Gasteiger partial charge in [-0.15, -0.1) is 0 Å². The van der Waals surface area contributed by atoms with Gasteiger partial charge in [0.05, 0.1) is 12.2 Å². The molecule has 1 amide bonds. The van der Waals surface area contributed by atoms with Crippen LogP contribution in [0, 0.1) is 29.5 Å². The lowest BCUT2D eigenvalue weighted by atomic mass is 9.42. The Labute approximate surface area is 153 Å². The molecule has 4 bridgehead atoms. The van der Waals surface area contributed by atoms with E-state index in [1.54, 1.807) is 17.0 Å². The van der Waals surface area contributed by atoms with Crippen LogP contribution in [0.1, 0.15) is 37.7 Å². The van der Waals surface area contributed by atoms with Crippen LogP contribution in [0.15, 0.2) is 24.3 Å². The van der Waals surface area contributed by atoms with E-state index in [1.807, 2.05) is 6.07 Å². The molecule has 2 N–H and O–H groups in total. The maximum atomic E-state index is 14.1. The first kappa shape index (κ1) is 16.7. The monoisotopic (exact) mass is 359 g/mol. The minimum Gasteiger partial charge on any atom is -0.393 e. The summed E-state index contributed by atoms with van der Waals surface area (Å²) in [5, 5.41) is 20.0. The maximum absolute atomic E-state index is 14.1. The number of aliphatic hydroxyl groups is 2. The molecule has 1 saturated heterocycles. The molecular weight excluding hydrogens is 333 g/mol. The fourth-order valence-corrected chi connectivity index (χ4v) is 6.62. The summed E-state index contributed by atoms with van der Waals surface area (Å²) in [4.78, 5) is 14.7. The summed E-state index contributed by atoms with van der Waals surface area (Å²) in [6.07, 6.45) is 3.52. The van der Waals surface area contributed by atoms with Gasteiger partial charge < -0.3 is 15.1 Å². The number of benzene rings is 1. The van der Waals surface area contributed by atoms with Gasteiger partial charge in [-0.1, -0.05) is 12.1 Å². The number of amides is 1. The average molecular weight is 359 g/mol. The number of hydrogen-bond donors (Lipinski definition) is 2. The van der Waals surface area contributed by atoms with E-state index in [0.29, 0.717) is 43.2 Å². The van der Waals surface area contributed by atoms with Crippen LogP contribution in [-0.2, 0) is 10.2 Å². The van der Waals surface area contributed by atoms with E-state index >= 15 is 0 Å². The molecule has 4 nitrogen and oxygen atoms in total. The molecular formula is C21H26FNO3. The summed E-state index contributed by atoms with van der Waals surface area (Å²) in [5.41, 5.74) is 0.627. The molecule has 1 aromatic rings. The first-order valence-electron chi connectivity index (χ1n) is 9.87. The average Bonchev–Trinajstić information content (AvgIpc) is 2.57. The summed E-state index contributed by atoms with van der Waals surface area (Å²) in [6.45, 7) is 0.828. The van der Waals surface area contributed by atoms with Crippen LogP contribution in [0.2, 0.25) is 0 Å². The molecule has 5 heteroatoms.